The summed E-state index contributed by atoms with van der Waals surface area (Å²) in [5.74, 6) is -1.08. The Hall–Kier alpha value is -2.81. The highest BCUT2D eigenvalue weighted by Crippen LogP contribution is 2.14. The van der Waals surface area contributed by atoms with Gasteiger partial charge in [0, 0.05) is 19.7 Å². The lowest BCUT2D eigenvalue weighted by Gasteiger charge is -2.03. The average molecular weight is 308 g/mol. The molecule has 118 valence electrons. The maximum Gasteiger partial charge on any atom is 0.278 e. The number of rotatable bonds is 8. The molecule has 2 amide bonds. The van der Waals surface area contributed by atoms with E-state index in [0.717, 1.165) is 6.21 Å². The van der Waals surface area contributed by atoms with Crippen molar-refractivity contribution in [3.63, 3.8) is 0 Å². The molecule has 0 aromatic heterocycles. The second kappa shape index (κ2) is 9.19. The summed E-state index contributed by atoms with van der Waals surface area (Å²) in [6.45, 7) is 0.658. The Kier molecular flexibility index (Phi) is 7.20. The number of carbonyl (C=O) groups excluding carboxylic acids is 2. The topological polar surface area (TPSA) is 123 Å². The third-order valence-corrected chi connectivity index (χ3v) is 2.48. The van der Waals surface area contributed by atoms with Crippen molar-refractivity contribution in [1.82, 2.24) is 10.7 Å². The van der Waals surface area contributed by atoms with Crippen molar-refractivity contribution in [1.29, 1.82) is 0 Å². The first kappa shape index (κ1) is 17.2. The van der Waals surface area contributed by atoms with Gasteiger partial charge in [-0.25, -0.2) is 5.43 Å². The van der Waals surface area contributed by atoms with Gasteiger partial charge < -0.3 is 10.1 Å². The molecular formula is C13H16N4O5. The molecule has 0 fully saturated rings. The molecular weight excluding hydrogens is 292 g/mol. The van der Waals surface area contributed by atoms with E-state index in [4.69, 9.17) is 4.74 Å². The van der Waals surface area contributed by atoms with E-state index in [9.17, 15) is 19.7 Å². The molecule has 0 bridgehead atoms. The van der Waals surface area contributed by atoms with Crippen molar-refractivity contribution in [2.45, 2.75) is 6.42 Å². The van der Waals surface area contributed by atoms with Crippen LogP contribution in [0.25, 0.3) is 0 Å². The van der Waals surface area contributed by atoms with Crippen LogP contribution in [-0.2, 0) is 14.3 Å². The van der Waals surface area contributed by atoms with Crippen LogP contribution in [0.3, 0.4) is 0 Å². The predicted molar refractivity (Wildman–Crippen MR) is 78.3 cm³/mol. The van der Waals surface area contributed by atoms with Crippen molar-refractivity contribution >= 4 is 23.7 Å². The van der Waals surface area contributed by atoms with Crippen molar-refractivity contribution in [3.8, 4) is 0 Å². The van der Waals surface area contributed by atoms with Gasteiger partial charge in [0.2, 0.25) is 11.8 Å². The second-order valence-corrected chi connectivity index (χ2v) is 4.13. The quantitative estimate of drug-likeness (QED) is 0.233. The Bertz CT molecular complexity index is 573. The van der Waals surface area contributed by atoms with E-state index < -0.39 is 23.2 Å². The van der Waals surface area contributed by atoms with Crippen molar-refractivity contribution in [2.24, 2.45) is 5.10 Å². The largest absolute Gasteiger partial charge is 0.383 e. The lowest BCUT2D eigenvalue weighted by atomic mass is 10.2. The fraction of sp³-hybridized carbons (Fsp3) is 0.308. The van der Waals surface area contributed by atoms with Crippen LogP contribution < -0.4 is 10.7 Å². The molecule has 0 saturated carbocycles. The van der Waals surface area contributed by atoms with Gasteiger partial charge in [0.05, 0.1) is 23.3 Å². The molecule has 22 heavy (non-hydrogen) atoms. The highest BCUT2D eigenvalue weighted by atomic mass is 16.6. The summed E-state index contributed by atoms with van der Waals surface area (Å²) in [5, 5.41) is 16.9. The molecule has 0 aliphatic heterocycles. The van der Waals surface area contributed by atoms with Gasteiger partial charge in [-0.2, -0.15) is 5.10 Å². The minimum atomic E-state index is -0.621. The Morgan fingerprint density at radius 2 is 2.09 bits per heavy atom. The maximum absolute atomic E-state index is 11.4. The smallest absolute Gasteiger partial charge is 0.278 e. The summed E-state index contributed by atoms with van der Waals surface area (Å²) >= 11 is 0. The zero-order chi connectivity index (χ0) is 16.4. The van der Waals surface area contributed by atoms with Crippen LogP contribution in [0.2, 0.25) is 0 Å². The van der Waals surface area contributed by atoms with Crippen LogP contribution in [0.5, 0.6) is 0 Å². The van der Waals surface area contributed by atoms with Gasteiger partial charge >= 0.3 is 0 Å². The number of ether oxygens (including phenoxy) is 1. The molecule has 0 spiro atoms. The van der Waals surface area contributed by atoms with Crippen LogP contribution in [0.15, 0.2) is 29.4 Å². The first-order valence-electron chi connectivity index (χ1n) is 6.35. The first-order chi connectivity index (χ1) is 10.5. The van der Waals surface area contributed by atoms with E-state index >= 15 is 0 Å². The monoisotopic (exact) mass is 308 g/mol. The summed E-state index contributed by atoms with van der Waals surface area (Å²) in [6, 6.07) is 5.95. The van der Waals surface area contributed by atoms with Gasteiger partial charge in [-0.15, -0.1) is 0 Å². The van der Waals surface area contributed by atoms with E-state index in [1.165, 1.54) is 25.3 Å². The van der Waals surface area contributed by atoms with E-state index in [-0.39, 0.29) is 11.3 Å². The van der Waals surface area contributed by atoms with Crippen LogP contribution in [-0.4, -0.2) is 43.2 Å². The molecule has 1 aromatic carbocycles. The maximum atomic E-state index is 11.4. The zero-order valence-electron chi connectivity index (χ0n) is 11.9. The van der Waals surface area contributed by atoms with E-state index in [0.29, 0.717) is 13.2 Å². The predicted octanol–water partition coefficient (Wildman–Crippen LogP) is 0.198. The molecule has 2 N–H and O–H groups in total. The van der Waals surface area contributed by atoms with Crippen LogP contribution in [0, 0.1) is 10.1 Å². The number of hydrogen-bond donors (Lipinski definition) is 2. The third kappa shape index (κ3) is 6.09. The summed E-state index contributed by atoms with van der Waals surface area (Å²) in [4.78, 5) is 33.0. The number of amides is 2. The number of methoxy groups -OCH3 is 1. The molecule has 1 rings (SSSR count). The number of benzene rings is 1. The first-order valence-corrected chi connectivity index (χ1v) is 6.35. The van der Waals surface area contributed by atoms with Gasteiger partial charge in [0.25, 0.3) is 5.69 Å². The van der Waals surface area contributed by atoms with Crippen molar-refractivity contribution < 1.29 is 19.2 Å². The number of carbonyl (C=O) groups is 2. The second-order valence-electron chi connectivity index (χ2n) is 4.13. The standard InChI is InChI=1S/C13H16N4O5/c1-22-7-6-14-12(18)8-13(19)16-15-9-10-4-2-3-5-11(10)17(20)21/h2-5,9H,6-8H2,1H3,(H,14,18)(H,16,19)/b15-9-. The molecule has 0 heterocycles. The molecule has 0 atom stereocenters. The minimum absolute atomic E-state index is 0.127. The van der Waals surface area contributed by atoms with Gasteiger partial charge in [0.1, 0.15) is 6.42 Å². The zero-order valence-corrected chi connectivity index (χ0v) is 11.9. The van der Waals surface area contributed by atoms with E-state index in [1.807, 2.05) is 0 Å². The molecule has 0 saturated heterocycles. The Morgan fingerprint density at radius 3 is 2.77 bits per heavy atom. The Balaban J connectivity index is 2.47. The molecule has 0 aliphatic carbocycles. The molecule has 0 unspecified atom stereocenters. The fourth-order valence-electron chi connectivity index (χ4n) is 1.48. The fourth-order valence-corrected chi connectivity index (χ4v) is 1.48. The van der Waals surface area contributed by atoms with E-state index in [2.05, 4.69) is 15.8 Å². The van der Waals surface area contributed by atoms with E-state index in [1.54, 1.807) is 6.07 Å². The normalized spacial score (nSPS) is 10.4. The molecule has 0 radical (unpaired) electrons. The summed E-state index contributed by atoms with van der Waals surface area (Å²) in [6.07, 6.45) is 0.761. The number of nitro groups is 1. The molecule has 9 nitrogen and oxygen atoms in total. The molecule has 9 heteroatoms. The van der Waals surface area contributed by atoms with Crippen LogP contribution in [0.1, 0.15) is 12.0 Å². The Labute approximate surface area is 126 Å². The van der Waals surface area contributed by atoms with Crippen LogP contribution in [0.4, 0.5) is 5.69 Å². The molecule has 0 aliphatic rings. The highest BCUT2D eigenvalue weighted by molar-refractivity contribution is 5.97. The number of hydrogen-bond acceptors (Lipinski definition) is 6. The lowest BCUT2D eigenvalue weighted by molar-refractivity contribution is -0.385. The summed E-state index contributed by atoms with van der Waals surface area (Å²) in [7, 11) is 1.50. The van der Waals surface area contributed by atoms with Gasteiger partial charge in [-0.3, -0.25) is 19.7 Å². The van der Waals surface area contributed by atoms with Crippen molar-refractivity contribution in [2.75, 3.05) is 20.3 Å². The lowest BCUT2D eigenvalue weighted by Crippen LogP contribution is -2.31. The van der Waals surface area contributed by atoms with Gasteiger partial charge in [-0.1, -0.05) is 12.1 Å². The summed E-state index contributed by atoms with van der Waals surface area (Å²) in [5.41, 5.74) is 2.25. The SMILES string of the molecule is COCCNC(=O)CC(=O)N/N=C\c1ccccc1[N+](=O)[O-]. The van der Waals surface area contributed by atoms with Crippen molar-refractivity contribution in [3.05, 3.63) is 39.9 Å². The average Bonchev–Trinajstić information content (AvgIpc) is 2.47. The van der Waals surface area contributed by atoms with Crippen LogP contribution >= 0.6 is 0 Å². The minimum Gasteiger partial charge on any atom is -0.383 e. The van der Waals surface area contributed by atoms with Gasteiger partial charge in [0.15, 0.2) is 0 Å². The number of para-hydroxylation sites is 1. The molecule has 1 aromatic rings. The number of hydrazone groups is 1. The van der Waals surface area contributed by atoms with Gasteiger partial charge in [-0.05, 0) is 6.07 Å². The highest BCUT2D eigenvalue weighted by Gasteiger charge is 2.11. The summed E-state index contributed by atoms with van der Waals surface area (Å²) < 4.78 is 4.75. The number of nitrogens with zero attached hydrogens (tertiary/aromatic N) is 2. The number of nitrogens with one attached hydrogen (secondary N) is 2. The number of nitro benzene ring substituents is 1. The third-order valence-electron chi connectivity index (χ3n) is 2.48. The Morgan fingerprint density at radius 1 is 1.36 bits per heavy atom.